The maximum Gasteiger partial charge on any atom is 0.223 e. The van der Waals surface area contributed by atoms with Crippen LogP contribution in [0, 0.1) is 0 Å². The fourth-order valence-electron chi connectivity index (χ4n) is 3.00. The Labute approximate surface area is 129 Å². The van der Waals surface area contributed by atoms with Crippen molar-refractivity contribution >= 4 is 22.9 Å². The summed E-state index contributed by atoms with van der Waals surface area (Å²) >= 11 is 1.80. The maximum atomic E-state index is 12.5. The van der Waals surface area contributed by atoms with Gasteiger partial charge in [0.2, 0.25) is 5.91 Å². The third kappa shape index (κ3) is 2.81. The molecule has 1 unspecified atom stereocenters. The number of amides is 1. The fraction of sp³-hybridized carbons (Fsp3) is 0.353. The van der Waals surface area contributed by atoms with Gasteiger partial charge in [-0.3, -0.25) is 4.79 Å². The first-order chi connectivity index (χ1) is 10.2. The van der Waals surface area contributed by atoms with Crippen molar-refractivity contribution < 1.29 is 4.79 Å². The normalized spacial score (nSPS) is 17.6. The molecule has 1 amide bonds. The predicted octanol–water partition coefficient (Wildman–Crippen LogP) is 3.41. The lowest BCUT2D eigenvalue weighted by Gasteiger charge is -2.33. The quantitative estimate of drug-likeness (QED) is 0.883. The molecule has 0 saturated carbocycles. The third-order valence-electron chi connectivity index (χ3n) is 4.26. The molecule has 0 spiro atoms. The predicted molar refractivity (Wildman–Crippen MR) is 87.3 cm³/mol. The van der Waals surface area contributed by atoms with Gasteiger partial charge >= 0.3 is 0 Å². The number of hydrogen-bond acceptors (Lipinski definition) is 3. The summed E-state index contributed by atoms with van der Waals surface area (Å²) in [7, 11) is 0. The molecular weight excluding hydrogens is 280 g/mol. The minimum Gasteiger partial charge on any atom is -0.399 e. The van der Waals surface area contributed by atoms with Gasteiger partial charge in [-0.05, 0) is 48.4 Å². The molecule has 1 aromatic carbocycles. The molecule has 1 aromatic heterocycles. The van der Waals surface area contributed by atoms with Crippen LogP contribution < -0.4 is 5.73 Å². The maximum absolute atomic E-state index is 12.5. The Kier molecular flexibility index (Phi) is 3.97. The van der Waals surface area contributed by atoms with E-state index in [2.05, 4.69) is 18.4 Å². The zero-order valence-electron chi connectivity index (χ0n) is 12.2. The Morgan fingerprint density at radius 2 is 2.19 bits per heavy atom. The molecule has 21 heavy (non-hydrogen) atoms. The summed E-state index contributed by atoms with van der Waals surface area (Å²) in [5, 5.41) is 2.12. The van der Waals surface area contributed by atoms with E-state index in [-0.39, 0.29) is 11.9 Å². The van der Waals surface area contributed by atoms with Gasteiger partial charge < -0.3 is 10.6 Å². The standard InChI is InChI=1S/C17H20N2OS/c1-12-14-9-11-21-16(14)8-10-19(12)17(20)7-6-13-4-2-3-5-15(13)18/h2-5,9,11-12H,6-8,10,18H2,1H3. The summed E-state index contributed by atoms with van der Waals surface area (Å²) in [6.07, 6.45) is 2.22. The first-order valence-electron chi connectivity index (χ1n) is 7.36. The molecule has 0 fully saturated rings. The zero-order chi connectivity index (χ0) is 14.8. The van der Waals surface area contributed by atoms with Gasteiger partial charge in [-0.25, -0.2) is 0 Å². The van der Waals surface area contributed by atoms with E-state index in [9.17, 15) is 4.79 Å². The number of carbonyl (C=O) groups is 1. The smallest absolute Gasteiger partial charge is 0.223 e. The van der Waals surface area contributed by atoms with Gasteiger partial charge in [0.15, 0.2) is 0 Å². The lowest BCUT2D eigenvalue weighted by atomic mass is 10.00. The molecule has 4 heteroatoms. The molecule has 2 N–H and O–H groups in total. The van der Waals surface area contributed by atoms with Crippen LogP contribution in [0.15, 0.2) is 35.7 Å². The highest BCUT2D eigenvalue weighted by Gasteiger charge is 2.27. The molecule has 0 aliphatic carbocycles. The highest BCUT2D eigenvalue weighted by atomic mass is 32.1. The van der Waals surface area contributed by atoms with E-state index >= 15 is 0 Å². The Balaban J connectivity index is 1.65. The monoisotopic (exact) mass is 300 g/mol. The molecule has 3 nitrogen and oxygen atoms in total. The lowest BCUT2D eigenvalue weighted by Crippen LogP contribution is -2.38. The molecule has 0 radical (unpaired) electrons. The van der Waals surface area contributed by atoms with Crippen molar-refractivity contribution in [3.63, 3.8) is 0 Å². The van der Waals surface area contributed by atoms with Gasteiger partial charge in [0.05, 0.1) is 6.04 Å². The van der Waals surface area contributed by atoms with Crippen molar-refractivity contribution in [3.05, 3.63) is 51.7 Å². The van der Waals surface area contributed by atoms with Crippen LogP contribution in [0.3, 0.4) is 0 Å². The molecule has 2 heterocycles. The molecule has 0 bridgehead atoms. The van der Waals surface area contributed by atoms with Crippen LogP contribution in [0.2, 0.25) is 0 Å². The van der Waals surface area contributed by atoms with Gasteiger partial charge in [-0.15, -0.1) is 11.3 Å². The van der Waals surface area contributed by atoms with Crippen molar-refractivity contribution in [3.8, 4) is 0 Å². The number of nitrogen functional groups attached to an aromatic ring is 1. The summed E-state index contributed by atoms with van der Waals surface area (Å²) in [5.41, 5.74) is 9.09. The number of fused-ring (bicyclic) bond motifs is 1. The summed E-state index contributed by atoms with van der Waals surface area (Å²) < 4.78 is 0. The van der Waals surface area contributed by atoms with Crippen molar-refractivity contribution in [1.82, 2.24) is 4.90 Å². The number of benzene rings is 1. The minimum absolute atomic E-state index is 0.195. The van der Waals surface area contributed by atoms with Gasteiger partial charge in [0, 0.05) is 23.5 Å². The molecule has 1 atom stereocenters. The number of nitrogens with zero attached hydrogens (tertiary/aromatic N) is 1. The lowest BCUT2D eigenvalue weighted by molar-refractivity contribution is -0.133. The Hall–Kier alpha value is -1.81. The third-order valence-corrected chi connectivity index (χ3v) is 5.26. The highest BCUT2D eigenvalue weighted by Crippen LogP contribution is 2.33. The van der Waals surface area contributed by atoms with E-state index in [1.807, 2.05) is 29.2 Å². The van der Waals surface area contributed by atoms with Crippen LogP contribution in [-0.4, -0.2) is 17.4 Å². The topological polar surface area (TPSA) is 46.3 Å². The molecule has 110 valence electrons. The average Bonchev–Trinajstić information content (AvgIpc) is 2.96. The summed E-state index contributed by atoms with van der Waals surface area (Å²) in [6.45, 7) is 2.96. The van der Waals surface area contributed by atoms with Crippen LogP contribution in [0.5, 0.6) is 0 Å². The van der Waals surface area contributed by atoms with E-state index in [0.29, 0.717) is 12.8 Å². The number of rotatable bonds is 3. The van der Waals surface area contributed by atoms with Crippen LogP contribution in [-0.2, 0) is 17.6 Å². The van der Waals surface area contributed by atoms with Gasteiger partial charge in [-0.2, -0.15) is 0 Å². The fourth-order valence-corrected chi connectivity index (χ4v) is 3.96. The number of nitrogens with two attached hydrogens (primary N) is 1. The van der Waals surface area contributed by atoms with Crippen molar-refractivity contribution in [2.24, 2.45) is 0 Å². The number of thiophene rings is 1. The molecular formula is C17H20N2OS. The van der Waals surface area contributed by atoms with Gasteiger partial charge in [-0.1, -0.05) is 18.2 Å². The van der Waals surface area contributed by atoms with Gasteiger partial charge in [0.25, 0.3) is 0 Å². The van der Waals surface area contributed by atoms with E-state index in [4.69, 9.17) is 5.73 Å². The van der Waals surface area contributed by atoms with Crippen LogP contribution in [0.1, 0.15) is 35.4 Å². The van der Waals surface area contributed by atoms with Crippen molar-refractivity contribution in [2.45, 2.75) is 32.2 Å². The van der Waals surface area contributed by atoms with Crippen LogP contribution in [0.4, 0.5) is 5.69 Å². The van der Waals surface area contributed by atoms with Crippen LogP contribution >= 0.6 is 11.3 Å². The second-order valence-electron chi connectivity index (χ2n) is 5.51. The Morgan fingerprint density at radius 1 is 1.38 bits per heavy atom. The van der Waals surface area contributed by atoms with E-state index in [1.54, 1.807) is 11.3 Å². The molecule has 1 aliphatic rings. The highest BCUT2D eigenvalue weighted by molar-refractivity contribution is 7.10. The number of hydrogen-bond donors (Lipinski definition) is 1. The first-order valence-corrected chi connectivity index (χ1v) is 8.24. The number of aryl methyl sites for hydroxylation is 1. The number of para-hydroxylation sites is 1. The van der Waals surface area contributed by atoms with Crippen molar-refractivity contribution in [2.75, 3.05) is 12.3 Å². The number of carbonyl (C=O) groups excluding carboxylic acids is 1. The van der Waals surface area contributed by atoms with E-state index < -0.39 is 0 Å². The summed E-state index contributed by atoms with van der Waals surface area (Å²) in [6, 6.07) is 10.1. The summed E-state index contributed by atoms with van der Waals surface area (Å²) in [5.74, 6) is 0.225. The largest absolute Gasteiger partial charge is 0.399 e. The van der Waals surface area contributed by atoms with Gasteiger partial charge in [0.1, 0.15) is 0 Å². The minimum atomic E-state index is 0.195. The summed E-state index contributed by atoms with van der Waals surface area (Å²) in [4.78, 5) is 16.0. The number of anilines is 1. The zero-order valence-corrected chi connectivity index (χ0v) is 13.0. The van der Waals surface area contributed by atoms with E-state index in [1.165, 1.54) is 10.4 Å². The Morgan fingerprint density at radius 3 is 3.00 bits per heavy atom. The second-order valence-corrected chi connectivity index (χ2v) is 6.51. The second kappa shape index (κ2) is 5.90. The Bertz CT molecular complexity index is 650. The first kappa shape index (κ1) is 14.1. The molecule has 2 aromatic rings. The van der Waals surface area contributed by atoms with E-state index in [0.717, 1.165) is 24.2 Å². The van der Waals surface area contributed by atoms with Crippen molar-refractivity contribution in [1.29, 1.82) is 0 Å². The molecule has 1 aliphatic heterocycles. The molecule has 0 saturated heterocycles. The SMILES string of the molecule is CC1c2ccsc2CCN1C(=O)CCc1ccccc1N. The average molecular weight is 300 g/mol. The molecule has 3 rings (SSSR count). The van der Waals surface area contributed by atoms with Crippen LogP contribution in [0.25, 0.3) is 0 Å².